The zero-order chi connectivity index (χ0) is 24.6. The van der Waals surface area contributed by atoms with E-state index in [1.807, 2.05) is 37.4 Å². The topological polar surface area (TPSA) is 39.9 Å². The lowest BCUT2D eigenvalue weighted by molar-refractivity contribution is 0.115. The van der Waals surface area contributed by atoms with Gasteiger partial charge in [-0.25, -0.2) is 9.50 Å². The van der Waals surface area contributed by atoms with E-state index in [-0.39, 0.29) is 0 Å². The van der Waals surface area contributed by atoms with Crippen molar-refractivity contribution in [2.24, 2.45) is 0 Å². The molecule has 2 fully saturated rings. The Morgan fingerprint density at radius 1 is 0.917 bits per heavy atom. The van der Waals surface area contributed by atoms with Crippen LogP contribution in [0.2, 0.25) is 5.02 Å². The van der Waals surface area contributed by atoms with Crippen LogP contribution in [-0.4, -0.2) is 76.8 Å². The van der Waals surface area contributed by atoms with Gasteiger partial charge in [-0.05, 0) is 75.3 Å². The third kappa shape index (κ3) is 4.61. The summed E-state index contributed by atoms with van der Waals surface area (Å²) in [5.74, 6) is 0. The average molecular weight is 500 g/mol. The van der Waals surface area contributed by atoms with Crippen molar-refractivity contribution in [1.82, 2.24) is 24.4 Å². The Labute approximate surface area is 218 Å². The van der Waals surface area contributed by atoms with Crippen LogP contribution in [0.1, 0.15) is 18.5 Å². The smallest absolute Gasteiger partial charge is 0.163 e. The van der Waals surface area contributed by atoms with E-state index in [9.17, 15) is 0 Å². The lowest BCUT2D eigenvalue weighted by Crippen LogP contribution is -2.53. The van der Waals surface area contributed by atoms with E-state index in [2.05, 4.69) is 57.3 Å². The van der Waals surface area contributed by atoms with Gasteiger partial charge in [0, 0.05) is 59.8 Å². The fraction of sp³-hybridized carbons (Fsp3) is 0.379. The molecular formula is C29H32ClN6. The van der Waals surface area contributed by atoms with Gasteiger partial charge in [0.1, 0.15) is 6.20 Å². The third-order valence-electron chi connectivity index (χ3n) is 7.75. The Balaban J connectivity index is 1.22. The Kier molecular flexibility index (Phi) is 6.42. The highest BCUT2D eigenvalue weighted by atomic mass is 35.5. The quantitative estimate of drug-likeness (QED) is 0.393. The van der Waals surface area contributed by atoms with Crippen molar-refractivity contribution in [2.45, 2.75) is 25.8 Å². The molecule has 7 heteroatoms. The number of piperidine rings is 1. The first-order valence-electron chi connectivity index (χ1n) is 12.9. The molecule has 6 rings (SSSR count). The second-order valence-corrected chi connectivity index (χ2v) is 10.5. The SMILES string of the molecule is Cc1nc2c(-c3cccc(N4CCN(C5CCN(C)CC5)CC4)c3)cnn2[c]c1-c1cccc(Cl)c1. The van der Waals surface area contributed by atoms with E-state index in [0.29, 0.717) is 5.02 Å². The van der Waals surface area contributed by atoms with Crippen molar-refractivity contribution in [3.8, 4) is 22.3 Å². The molecule has 0 spiro atoms. The molecule has 0 bridgehead atoms. The molecule has 0 amide bonds. The van der Waals surface area contributed by atoms with Crippen molar-refractivity contribution in [3.63, 3.8) is 0 Å². The number of fused-ring (bicyclic) bond motifs is 1. The highest BCUT2D eigenvalue weighted by molar-refractivity contribution is 6.30. The zero-order valence-electron chi connectivity index (χ0n) is 21.0. The van der Waals surface area contributed by atoms with E-state index in [4.69, 9.17) is 16.6 Å². The summed E-state index contributed by atoms with van der Waals surface area (Å²) in [7, 11) is 2.23. The number of rotatable bonds is 4. The molecule has 0 N–H and O–H groups in total. The number of hydrogen-bond acceptors (Lipinski definition) is 5. The molecule has 4 heterocycles. The molecule has 2 saturated heterocycles. The summed E-state index contributed by atoms with van der Waals surface area (Å²) in [6, 6.07) is 17.3. The lowest BCUT2D eigenvalue weighted by atomic mass is 10.0. The molecule has 4 aromatic rings. The molecule has 6 nitrogen and oxygen atoms in total. The number of aromatic nitrogens is 3. The standard InChI is InChI=1S/C29H32ClN6/c1-21-28(22-5-3-7-24(30)17-22)20-36-29(32-21)27(19-31-36)23-6-4-8-26(18-23)35-15-13-34(14-16-35)25-9-11-33(2)12-10-25/h3-8,17-19,25H,9-16H2,1-2H3. The number of halogens is 1. The normalized spacial score (nSPS) is 18.2. The molecule has 2 aromatic heterocycles. The Hall–Kier alpha value is -2.93. The molecule has 0 atom stereocenters. The maximum Gasteiger partial charge on any atom is 0.163 e. The molecule has 1 radical (unpaired) electrons. The van der Waals surface area contributed by atoms with Crippen LogP contribution in [0.25, 0.3) is 27.9 Å². The van der Waals surface area contributed by atoms with Crippen LogP contribution in [-0.2, 0) is 0 Å². The van der Waals surface area contributed by atoms with Crippen LogP contribution in [0, 0.1) is 13.1 Å². The van der Waals surface area contributed by atoms with Gasteiger partial charge in [-0.2, -0.15) is 5.10 Å². The van der Waals surface area contributed by atoms with Crippen LogP contribution in [0.3, 0.4) is 0 Å². The molecule has 185 valence electrons. The summed E-state index contributed by atoms with van der Waals surface area (Å²) >= 11 is 6.22. The summed E-state index contributed by atoms with van der Waals surface area (Å²) in [6.45, 7) is 8.87. The van der Waals surface area contributed by atoms with Crippen molar-refractivity contribution in [3.05, 3.63) is 71.6 Å². The number of anilines is 1. The van der Waals surface area contributed by atoms with Crippen LogP contribution in [0.15, 0.2) is 54.7 Å². The van der Waals surface area contributed by atoms with Gasteiger partial charge < -0.3 is 9.80 Å². The van der Waals surface area contributed by atoms with Gasteiger partial charge in [-0.3, -0.25) is 4.90 Å². The number of nitrogens with zero attached hydrogens (tertiary/aromatic N) is 6. The number of likely N-dealkylation sites (tertiary alicyclic amines) is 1. The van der Waals surface area contributed by atoms with Crippen molar-refractivity contribution in [2.75, 3.05) is 51.2 Å². The molecule has 0 saturated carbocycles. The van der Waals surface area contributed by atoms with Crippen molar-refractivity contribution in [1.29, 1.82) is 0 Å². The minimum absolute atomic E-state index is 0.700. The molecular weight excluding hydrogens is 468 g/mol. The highest BCUT2D eigenvalue weighted by Gasteiger charge is 2.26. The molecule has 2 aromatic carbocycles. The fourth-order valence-corrected chi connectivity index (χ4v) is 5.82. The van der Waals surface area contributed by atoms with Gasteiger partial charge in [0.05, 0.1) is 6.20 Å². The van der Waals surface area contributed by atoms with Gasteiger partial charge in [0.15, 0.2) is 5.65 Å². The van der Waals surface area contributed by atoms with Gasteiger partial charge in [-0.15, -0.1) is 0 Å². The average Bonchev–Trinajstić information content (AvgIpc) is 3.31. The Bertz CT molecular complexity index is 1370. The number of benzene rings is 2. The maximum atomic E-state index is 6.22. The maximum absolute atomic E-state index is 6.22. The summed E-state index contributed by atoms with van der Waals surface area (Å²) < 4.78 is 1.76. The first-order valence-corrected chi connectivity index (χ1v) is 13.2. The van der Waals surface area contributed by atoms with Crippen molar-refractivity contribution >= 4 is 22.9 Å². The van der Waals surface area contributed by atoms with Crippen molar-refractivity contribution < 1.29 is 0 Å². The summed E-state index contributed by atoms with van der Waals surface area (Å²) in [5.41, 5.74) is 7.07. The molecule has 2 aliphatic heterocycles. The highest BCUT2D eigenvalue weighted by Crippen LogP contribution is 2.31. The van der Waals surface area contributed by atoms with Gasteiger partial charge in [0.25, 0.3) is 0 Å². The van der Waals surface area contributed by atoms with E-state index < -0.39 is 0 Å². The number of piperazine rings is 1. The molecule has 2 aliphatic rings. The first-order chi connectivity index (χ1) is 17.5. The zero-order valence-corrected chi connectivity index (χ0v) is 21.7. The largest absolute Gasteiger partial charge is 0.369 e. The predicted molar refractivity (Wildman–Crippen MR) is 147 cm³/mol. The Morgan fingerprint density at radius 2 is 1.67 bits per heavy atom. The molecule has 36 heavy (non-hydrogen) atoms. The predicted octanol–water partition coefficient (Wildman–Crippen LogP) is 5.04. The van der Waals surface area contributed by atoms with Gasteiger partial charge in [0.2, 0.25) is 0 Å². The number of hydrogen-bond donors (Lipinski definition) is 0. The summed E-state index contributed by atoms with van der Waals surface area (Å²) in [4.78, 5) is 12.6. The Morgan fingerprint density at radius 3 is 2.44 bits per heavy atom. The van der Waals surface area contributed by atoms with E-state index >= 15 is 0 Å². The van der Waals surface area contributed by atoms with E-state index in [1.54, 1.807) is 4.52 Å². The molecule has 0 aliphatic carbocycles. The van der Waals surface area contributed by atoms with E-state index in [0.717, 1.165) is 65.8 Å². The summed E-state index contributed by atoms with van der Waals surface area (Å²) in [5, 5.41) is 5.30. The van der Waals surface area contributed by atoms with Crippen LogP contribution < -0.4 is 4.90 Å². The molecule has 0 unspecified atom stereocenters. The summed E-state index contributed by atoms with van der Waals surface area (Å²) in [6.07, 6.45) is 7.90. The van der Waals surface area contributed by atoms with Crippen LogP contribution >= 0.6 is 11.6 Å². The van der Waals surface area contributed by atoms with Gasteiger partial charge in [-0.1, -0.05) is 35.9 Å². The lowest BCUT2D eigenvalue weighted by Gasteiger charge is -2.43. The van der Waals surface area contributed by atoms with Crippen LogP contribution in [0.5, 0.6) is 0 Å². The minimum atomic E-state index is 0.700. The van der Waals surface area contributed by atoms with E-state index in [1.165, 1.54) is 31.6 Å². The number of aryl methyl sites for hydroxylation is 1. The fourth-order valence-electron chi connectivity index (χ4n) is 5.63. The second-order valence-electron chi connectivity index (χ2n) is 10.1. The third-order valence-corrected chi connectivity index (χ3v) is 7.99. The van der Waals surface area contributed by atoms with Gasteiger partial charge >= 0.3 is 0 Å². The monoisotopic (exact) mass is 499 g/mol. The minimum Gasteiger partial charge on any atom is -0.369 e. The van der Waals surface area contributed by atoms with Crippen LogP contribution in [0.4, 0.5) is 5.69 Å². The first kappa shape index (κ1) is 23.5. The second kappa shape index (κ2) is 9.85.